The number of fused-ring (bicyclic) bond motifs is 2. The molecule has 2 unspecified atom stereocenters. The number of hydrogen-bond donors (Lipinski definition) is 2. The first-order chi connectivity index (χ1) is 14.4. The molecule has 0 radical (unpaired) electrons. The van der Waals surface area contributed by atoms with Crippen molar-refractivity contribution in [3.63, 3.8) is 0 Å². The molecule has 4 rings (SSSR count). The van der Waals surface area contributed by atoms with E-state index in [2.05, 4.69) is 11.8 Å². The second kappa shape index (κ2) is 9.11. The van der Waals surface area contributed by atoms with Crippen LogP contribution in [-0.2, 0) is 24.0 Å². The van der Waals surface area contributed by atoms with Crippen LogP contribution in [0.15, 0.2) is 42.5 Å². The van der Waals surface area contributed by atoms with Gasteiger partial charge in [-0.25, -0.2) is 4.57 Å². The molecule has 0 bridgehead atoms. The summed E-state index contributed by atoms with van der Waals surface area (Å²) in [5, 5.41) is 0. The first-order valence-electron chi connectivity index (χ1n) is 10.7. The summed E-state index contributed by atoms with van der Waals surface area (Å²) in [6.45, 7) is 4.82. The maximum Gasteiger partial charge on any atom is 0.524 e. The molecule has 1 aliphatic carbocycles. The number of hydrogen-bond acceptors (Lipinski definition) is 4. The van der Waals surface area contributed by atoms with E-state index in [4.69, 9.17) is 9.26 Å². The summed E-state index contributed by atoms with van der Waals surface area (Å²) in [5.74, 6) is 1.13. The van der Waals surface area contributed by atoms with E-state index in [1.54, 1.807) is 6.07 Å². The molecule has 0 amide bonds. The summed E-state index contributed by atoms with van der Waals surface area (Å²) in [5.41, 5.74) is 3.23. The van der Waals surface area contributed by atoms with Gasteiger partial charge in [0, 0.05) is 11.6 Å². The van der Waals surface area contributed by atoms with Gasteiger partial charge in [-0.3, -0.25) is 14.7 Å². The monoisotopic (exact) mass is 431 g/mol. The van der Waals surface area contributed by atoms with Crippen LogP contribution in [0, 0.1) is 5.92 Å². The highest BCUT2D eigenvalue weighted by atomic mass is 31.2. The zero-order valence-corrected chi connectivity index (χ0v) is 18.3. The summed E-state index contributed by atoms with van der Waals surface area (Å²) in [4.78, 5) is 21.4. The number of phosphoric ester groups is 1. The number of piperidine rings is 1. The molecule has 162 valence electrons. The lowest BCUT2D eigenvalue weighted by molar-refractivity contribution is 0.0845. The summed E-state index contributed by atoms with van der Waals surface area (Å²) in [7, 11) is -4.68. The minimum atomic E-state index is -4.68. The van der Waals surface area contributed by atoms with Gasteiger partial charge >= 0.3 is 7.82 Å². The quantitative estimate of drug-likeness (QED) is 0.636. The van der Waals surface area contributed by atoms with Crippen molar-refractivity contribution in [3.8, 4) is 11.5 Å². The molecule has 2 aromatic rings. The largest absolute Gasteiger partial charge is 0.524 e. The predicted molar refractivity (Wildman–Crippen MR) is 116 cm³/mol. The Bertz CT molecular complexity index is 911. The fourth-order valence-electron chi connectivity index (χ4n) is 4.95. The van der Waals surface area contributed by atoms with Crippen LogP contribution in [0.25, 0.3) is 0 Å². The van der Waals surface area contributed by atoms with E-state index in [1.165, 1.54) is 18.4 Å². The second-order valence-corrected chi connectivity index (χ2v) is 9.46. The molecule has 7 heteroatoms. The van der Waals surface area contributed by atoms with E-state index in [-0.39, 0.29) is 5.75 Å². The Morgan fingerprint density at radius 2 is 1.93 bits per heavy atom. The number of rotatable bonds is 7. The summed E-state index contributed by atoms with van der Waals surface area (Å²) in [6.07, 6.45) is 5.30. The van der Waals surface area contributed by atoms with E-state index in [1.807, 2.05) is 36.4 Å². The topological polar surface area (TPSA) is 79.2 Å². The molecule has 0 aromatic heterocycles. The van der Waals surface area contributed by atoms with Crippen LogP contribution in [0.2, 0.25) is 0 Å². The number of nitrogens with zero attached hydrogens (tertiary/aromatic N) is 1. The number of phosphoric acid groups is 1. The third-order valence-corrected chi connectivity index (χ3v) is 6.64. The third kappa shape index (κ3) is 4.89. The molecule has 0 saturated carbocycles. The van der Waals surface area contributed by atoms with Crippen molar-refractivity contribution in [3.05, 3.63) is 59.2 Å². The van der Waals surface area contributed by atoms with Gasteiger partial charge < -0.3 is 9.26 Å². The van der Waals surface area contributed by atoms with Crippen molar-refractivity contribution in [1.82, 2.24) is 4.90 Å². The van der Waals surface area contributed by atoms with Gasteiger partial charge in [0.1, 0.15) is 6.61 Å². The highest BCUT2D eigenvalue weighted by Crippen LogP contribution is 2.47. The Labute approximate surface area is 178 Å². The van der Waals surface area contributed by atoms with Gasteiger partial charge in [-0.2, -0.15) is 0 Å². The van der Waals surface area contributed by atoms with Crippen molar-refractivity contribution >= 4 is 7.82 Å². The van der Waals surface area contributed by atoms with Gasteiger partial charge in [-0.1, -0.05) is 43.3 Å². The molecule has 30 heavy (non-hydrogen) atoms. The van der Waals surface area contributed by atoms with Crippen LogP contribution in [0.3, 0.4) is 0 Å². The minimum Gasteiger partial charge on any atom is -0.485 e. The third-order valence-electron chi connectivity index (χ3n) is 6.20. The second-order valence-electron chi connectivity index (χ2n) is 8.30. The summed E-state index contributed by atoms with van der Waals surface area (Å²) < 4.78 is 22.7. The molecule has 0 spiro atoms. The average Bonchev–Trinajstić information content (AvgIpc) is 2.72. The first-order valence-corrected chi connectivity index (χ1v) is 12.3. The van der Waals surface area contributed by atoms with E-state index >= 15 is 0 Å². The van der Waals surface area contributed by atoms with Crippen LogP contribution in [0.5, 0.6) is 11.5 Å². The van der Waals surface area contributed by atoms with E-state index < -0.39 is 7.82 Å². The Hall–Kier alpha value is -1.85. The van der Waals surface area contributed by atoms with E-state index in [0.29, 0.717) is 24.3 Å². The van der Waals surface area contributed by atoms with Crippen LogP contribution < -0.4 is 9.26 Å². The molecule has 2 N–H and O–H groups in total. The lowest BCUT2D eigenvalue weighted by Gasteiger charge is -2.45. The average molecular weight is 431 g/mol. The van der Waals surface area contributed by atoms with Gasteiger partial charge in [0.2, 0.25) is 0 Å². The van der Waals surface area contributed by atoms with E-state index in [9.17, 15) is 14.4 Å². The molecule has 1 aliphatic heterocycles. The highest BCUT2D eigenvalue weighted by Gasteiger charge is 2.37. The van der Waals surface area contributed by atoms with Gasteiger partial charge in [0.15, 0.2) is 11.5 Å². The van der Waals surface area contributed by atoms with Gasteiger partial charge in [-0.15, -0.1) is 0 Å². The SMILES string of the molecule is CCCN1CCCC2Cc3c(ccc(OP(=O)(O)O)c3OCc3ccccc3)CC21. The zero-order valence-electron chi connectivity index (χ0n) is 17.4. The summed E-state index contributed by atoms with van der Waals surface area (Å²) >= 11 is 0. The Kier molecular flexibility index (Phi) is 6.49. The lowest BCUT2D eigenvalue weighted by Crippen LogP contribution is -2.49. The minimum absolute atomic E-state index is 0.123. The fraction of sp³-hybridized carbons (Fsp3) is 0.478. The number of benzene rings is 2. The molecule has 2 atom stereocenters. The van der Waals surface area contributed by atoms with Gasteiger partial charge in [0.05, 0.1) is 0 Å². The molecule has 6 nitrogen and oxygen atoms in total. The van der Waals surface area contributed by atoms with Crippen molar-refractivity contribution in [2.24, 2.45) is 5.92 Å². The van der Waals surface area contributed by atoms with Crippen LogP contribution >= 0.6 is 7.82 Å². The molecule has 1 saturated heterocycles. The van der Waals surface area contributed by atoms with Gasteiger partial charge in [-0.05, 0) is 68.3 Å². The molecular formula is C23H30NO5P. The maximum absolute atomic E-state index is 11.5. The Morgan fingerprint density at radius 1 is 1.13 bits per heavy atom. The standard InChI is InChI=1S/C23H30NO5P/c1-2-12-24-13-6-9-19-14-20-18(15-21(19)24)10-11-22(29-30(25,26)27)23(20)28-16-17-7-4-3-5-8-17/h3-5,7-8,10-11,19,21H,2,6,9,12-16H2,1H3,(H2,25,26,27). The Balaban J connectivity index is 1.66. The highest BCUT2D eigenvalue weighted by molar-refractivity contribution is 7.46. The maximum atomic E-state index is 11.5. The van der Waals surface area contributed by atoms with Crippen LogP contribution in [0.4, 0.5) is 0 Å². The van der Waals surface area contributed by atoms with Gasteiger partial charge in [0.25, 0.3) is 0 Å². The smallest absolute Gasteiger partial charge is 0.485 e. The summed E-state index contributed by atoms with van der Waals surface area (Å²) in [6, 6.07) is 13.9. The molecule has 2 aliphatic rings. The van der Waals surface area contributed by atoms with Crippen molar-refractivity contribution < 1.29 is 23.6 Å². The molecule has 2 aromatic carbocycles. The van der Waals surface area contributed by atoms with Crippen molar-refractivity contribution in [2.45, 2.75) is 51.7 Å². The first kappa shape index (κ1) is 21.4. The molecular weight excluding hydrogens is 401 g/mol. The van der Waals surface area contributed by atoms with Crippen LogP contribution in [0.1, 0.15) is 42.9 Å². The van der Waals surface area contributed by atoms with Crippen molar-refractivity contribution in [1.29, 1.82) is 0 Å². The number of likely N-dealkylation sites (tertiary alicyclic amines) is 1. The lowest BCUT2D eigenvalue weighted by atomic mass is 9.75. The Morgan fingerprint density at radius 3 is 2.67 bits per heavy atom. The molecule has 1 fully saturated rings. The zero-order chi connectivity index (χ0) is 21.1. The van der Waals surface area contributed by atoms with Crippen molar-refractivity contribution in [2.75, 3.05) is 13.1 Å². The van der Waals surface area contributed by atoms with Crippen LogP contribution in [-0.4, -0.2) is 33.8 Å². The predicted octanol–water partition coefficient (Wildman–Crippen LogP) is 4.33. The molecule has 1 heterocycles. The normalized spacial score (nSPS) is 21.6. The fourth-order valence-corrected chi connectivity index (χ4v) is 5.35. The van der Waals surface area contributed by atoms with E-state index in [0.717, 1.165) is 43.5 Å². The number of ether oxygens (including phenoxy) is 1.